The van der Waals surface area contributed by atoms with Crippen LogP contribution in [0.15, 0.2) is 18.2 Å². The fourth-order valence-electron chi connectivity index (χ4n) is 2.55. The summed E-state index contributed by atoms with van der Waals surface area (Å²) < 4.78 is 51.0. The molecule has 0 aliphatic carbocycles. The van der Waals surface area contributed by atoms with Gasteiger partial charge in [0.05, 0.1) is 11.8 Å². The molecule has 5 nitrogen and oxygen atoms in total. The van der Waals surface area contributed by atoms with Gasteiger partial charge in [-0.05, 0) is 31.0 Å². The van der Waals surface area contributed by atoms with Crippen LogP contribution in [0.1, 0.15) is 31.4 Å². The quantitative estimate of drug-likeness (QED) is 0.818. The number of carbonyl (C=O) groups is 1. The van der Waals surface area contributed by atoms with Crippen molar-refractivity contribution in [2.45, 2.75) is 25.8 Å². The number of sulfonamides is 1. The Kier molecular flexibility index (Phi) is 5.36. The van der Waals surface area contributed by atoms with Gasteiger partial charge >= 0.3 is 0 Å². The van der Waals surface area contributed by atoms with Gasteiger partial charge in [0.25, 0.3) is 0 Å². The van der Waals surface area contributed by atoms with Gasteiger partial charge in [0, 0.05) is 26.6 Å². The second kappa shape index (κ2) is 6.92. The van der Waals surface area contributed by atoms with Crippen molar-refractivity contribution in [3.63, 3.8) is 0 Å². The number of halogens is 2. The average Bonchev–Trinajstić information content (AvgIpc) is 2.84. The monoisotopic (exact) mass is 346 g/mol. The number of nitrogens with zero attached hydrogens (tertiary/aromatic N) is 2. The maximum atomic E-state index is 13.3. The lowest BCUT2D eigenvalue weighted by molar-refractivity contribution is -0.131. The molecule has 1 aromatic carbocycles. The first-order chi connectivity index (χ1) is 10.7. The maximum Gasteiger partial charge on any atom is 0.224 e. The van der Waals surface area contributed by atoms with E-state index in [0.29, 0.717) is 18.5 Å². The standard InChI is InChI=1S/C15H20F2N2O3S/c1-11(12-4-5-13(16)14(17)10-12)18(2)15(20)6-8-19-7-3-9-23(19,21)22/h4-5,10-11H,3,6-9H2,1-2H3. The fourth-order valence-corrected chi connectivity index (χ4v) is 4.08. The first-order valence-electron chi connectivity index (χ1n) is 7.41. The SMILES string of the molecule is CC(c1ccc(F)c(F)c1)N(C)C(=O)CCN1CCCS1(=O)=O. The fraction of sp³-hybridized carbons (Fsp3) is 0.533. The van der Waals surface area contributed by atoms with E-state index in [-0.39, 0.29) is 24.6 Å². The molecule has 128 valence electrons. The largest absolute Gasteiger partial charge is 0.339 e. The van der Waals surface area contributed by atoms with Crippen LogP contribution < -0.4 is 0 Å². The summed E-state index contributed by atoms with van der Waals surface area (Å²) in [5.41, 5.74) is 0.480. The van der Waals surface area contributed by atoms with E-state index in [0.717, 1.165) is 12.1 Å². The highest BCUT2D eigenvalue weighted by atomic mass is 32.2. The van der Waals surface area contributed by atoms with E-state index in [1.54, 1.807) is 14.0 Å². The molecule has 2 rings (SSSR count). The van der Waals surface area contributed by atoms with E-state index >= 15 is 0 Å². The lowest BCUT2D eigenvalue weighted by Crippen LogP contribution is -2.34. The molecule has 0 radical (unpaired) electrons. The third-order valence-electron chi connectivity index (χ3n) is 4.18. The van der Waals surface area contributed by atoms with Gasteiger partial charge < -0.3 is 4.90 Å². The Bertz CT molecular complexity index is 694. The zero-order valence-electron chi connectivity index (χ0n) is 13.1. The zero-order chi connectivity index (χ0) is 17.2. The molecule has 1 unspecified atom stereocenters. The smallest absolute Gasteiger partial charge is 0.224 e. The Morgan fingerprint density at radius 2 is 2.04 bits per heavy atom. The number of amides is 1. The van der Waals surface area contributed by atoms with Gasteiger partial charge in [0.15, 0.2) is 11.6 Å². The molecular formula is C15H20F2N2O3S. The Morgan fingerprint density at radius 1 is 1.35 bits per heavy atom. The van der Waals surface area contributed by atoms with Crippen LogP contribution in [0, 0.1) is 11.6 Å². The zero-order valence-corrected chi connectivity index (χ0v) is 13.9. The summed E-state index contributed by atoms with van der Waals surface area (Å²) in [6, 6.07) is 3.08. The molecule has 1 heterocycles. The summed E-state index contributed by atoms with van der Waals surface area (Å²) in [5, 5.41) is 0. The van der Waals surface area contributed by atoms with E-state index in [4.69, 9.17) is 0 Å². The van der Waals surface area contributed by atoms with E-state index in [2.05, 4.69) is 0 Å². The minimum Gasteiger partial charge on any atom is -0.339 e. The van der Waals surface area contributed by atoms with E-state index in [1.807, 2.05) is 0 Å². The topological polar surface area (TPSA) is 57.7 Å². The number of hydrogen-bond acceptors (Lipinski definition) is 3. The molecule has 0 bridgehead atoms. The Morgan fingerprint density at radius 3 is 2.61 bits per heavy atom. The van der Waals surface area contributed by atoms with Crippen molar-refractivity contribution in [1.29, 1.82) is 0 Å². The van der Waals surface area contributed by atoms with Crippen LogP contribution in [-0.4, -0.2) is 49.4 Å². The van der Waals surface area contributed by atoms with Gasteiger partial charge in [-0.3, -0.25) is 4.79 Å². The number of benzene rings is 1. The first-order valence-corrected chi connectivity index (χ1v) is 9.01. The lowest BCUT2D eigenvalue weighted by Gasteiger charge is -2.26. The van der Waals surface area contributed by atoms with Crippen molar-refractivity contribution < 1.29 is 22.0 Å². The van der Waals surface area contributed by atoms with Crippen molar-refractivity contribution in [3.8, 4) is 0 Å². The molecule has 8 heteroatoms. The summed E-state index contributed by atoms with van der Waals surface area (Å²) >= 11 is 0. The number of hydrogen-bond donors (Lipinski definition) is 0. The normalized spacial score (nSPS) is 18.8. The van der Waals surface area contributed by atoms with Gasteiger partial charge in [0.1, 0.15) is 0 Å². The molecule has 1 saturated heterocycles. The van der Waals surface area contributed by atoms with E-state index in [9.17, 15) is 22.0 Å². The Balaban J connectivity index is 1.97. The lowest BCUT2D eigenvalue weighted by atomic mass is 10.1. The van der Waals surface area contributed by atoms with Gasteiger partial charge in [-0.2, -0.15) is 0 Å². The van der Waals surface area contributed by atoms with Crippen LogP contribution >= 0.6 is 0 Å². The molecule has 1 aliphatic heterocycles. The molecule has 1 amide bonds. The Hall–Kier alpha value is -1.54. The van der Waals surface area contributed by atoms with Crippen molar-refractivity contribution in [3.05, 3.63) is 35.4 Å². The first kappa shape index (κ1) is 17.8. The van der Waals surface area contributed by atoms with Crippen LogP contribution in [-0.2, 0) is 14.8 Å². The predicted octanol–water partition coefficient (Wildman–Crippen LogP) is 1.91. The van der Waals surface area contributed by atoms with Gasteiger partial charge in [-0.1, -0.05) is 6.07 Å². The molecule has 1 fully saturated rings. The van der Waals surface area contributed by atoms with Crippen LogP contribution in [0.4, 0.5) is 8.78 Å². The minimum atomic E-state index is -3.22. The van der Waals surface area contributed by atoms with Crippen LogP contribution in [0.25, 0.3) is 0 Å². The molecule has 1 atom stereocenters. The van der Waals surface area contributed by atoms with Gasteiger partial charge in [0.2, 0.25) is 15.9 Å². The average molecular weight is 346 g/mol. The Labute approximate surface area is 134 Å². The summed E-state index contributed by atoms with van der Waals surface area (Å²) in [5.74, 6) is -2.01. The second-order valence-electron chi connectivity index (χ2n) is 5.67. The molecule has 1 aromatic rings. The molecule has 0 aromatic heterocycles. The van der Waals surface area contributed by atoms with Crippen LogP contribution in [0.5, 0.6) is 0 Å². The summed E-state index contributed by atoms with van der Waals surface area (Å²) in [6.07, 6.45) is 0.640. The molecule has 0 saturated carbocycles. The van der Waals surface area contributed by atoms with Crippen molar-refractivity contribution in [1.82, 2.24) is 9.21 Å². The molecule has 0 spiro atoms. The van der Waals surface area contributed by atoms with Gasteiger partial charge in [-0.25, -0.2) is 21.5 Å². The van der Waals surface area contributed by atoms with Crippen LogP contribution in [0.3, 0.4) is 0 Å². The van der Waals surface area contributed by atoms with Crippen molar-refractivity contribution in [2.75, 3.05) is 25.9 Å². The van der Waals surface area contributed by atoms with E-state index in [1.165, 1.54) is 15.3 Å². The number of carbonyl (C=O) groups excluding carboxylic acids is 1. The van der Waals surface area contributed by atoms with E-state index < -0.39 is 27.7 Å². The van der Waals surface area contributed by atoms with Gasteiger partial charge in [-0.15, -0.1) is 0 Å². The molecule has 1 aliphatic rings. The summed E-state index contributed by atoms with van der Waals surface area (Å²) in [6.45, 7) is 2.30. The van der Waals surface area contributed by atoms with Crippen molar-refractivity contribution >= 4 is 15.9 Å². The predicted molar refractivity (Wildman–Crippen MR) is 82.1 cm³/mol. The highest BCUT2D eigenvalue weighted by molar-refractivity contribution is 7.89. The van der Waals surface area contributed by atoms with Crippen molar-refractivity contribution in [2.24, 2.45) is 0 Å². The molecule has 23 heavy (non-hydrogen) atoms. The summed E-state index contributed by atoms with van der Waals surface area (Å²) in [7, 11) is -1.66. The molecular weight excluding hydrogens is 326 g/mol. The highest BCUT2D eigenvalue weighted by Crippen LogP contribution is 2.22. The molecule has 0 N–H and O–H groups in total. The second-order valence-corrected chi connectivity index (χ2v) is 7.76. The number of rotatable bonds is 5. The maximum absolute atomic E-state index is 13.3. The third kappa shape index (κ3) is 4.06. The highest BCUT2D eigenvalue weighted by Gasteiger charge is 2.29. The third-order valence-corrected chi connectivity index (χ3v) is 6.14. The summed E-state index contributed by atoms with van der Waals surface area (Å²) in [4.78, 5) is 13.6. The minimum absolute atomic E-state index is 0.0593. The van der Waals surface area contributed by atoms with Crippen LogP contribution in [0.2, 0.25) is 0 Å².